The molecular formula is C19H16Cl2N2O2. The Balaban J connectivity index is 2.18. The summed E-state index contributed by atoms with van der Waals surface area (Å²) in [6.07, 6.45) is 1.91. The first-order valence-corrected chi connectivity index (χ1v) is 8.57. The number of phenolic OH excluding ortho intramolecular Hbond substituents is 1. The molecule has 1 heterocycles. The molecule has 2 aromatic carbocycles. The minimum atomic E-state index is -0.561. The largest absolute Gasteiger partial charge is 0.505 e. The summed E-state index contributed by atoms with van der Waals surface area (Å²) in [4.78, 5) is 16.3. The predicted molar refractivity (Wildman–Crippen MR) is 100 cm³/mol. The zero-order valence-corrected chi connectivity index (χ0v) is 15.0. The quantitative estimate of drug-likeness (QED) is 0.684. The number of hydrogen-bond acceptors (Lipinski definition) is 3. The van der Waals surface area contributed by atoms with Crippen LogP contribution in [0.4, 0.5) is 0 Å². The van der Waals surface area contributed by atoms with Crippen LogP contribution >= 0.6 is 23.2 Å². The summed E-state index contributed by atoms with van der Waals surface area (Å²) in [6.45, 7) is 1.77. The molecular weight excluding hydrogens is 359 g/mol. The maximum Gasteiger partial charge on any atom is 0.220 e. The highest BCUT2D eigenvalue weighted by molar-refractivity contribution is 6.35. The van der Waals surface area contributed by atoms with Gasteiger partial charge in [0.2, 0.25) is 5.91 Å². The van der Waals surface area contributed by atoms with E-state index in [1.54, 1.807) is 55.6 Å². The number of rotatable bonds is 4. The van der Waals surface area contributed by atoms with Gasteiger partial charge in [0.15, 0.2) is 0 Å². The number of halogens is 2. The minimum Gasteiger partial charge on any atom is -0.505 e. The van der Waals surface area contributed by atoms with Crippen LogP contribution in [0.5, 0.6) is 5.75 Å². The number of pyridine rings is 1. The van der Waals surface area contributed by atoms with E-state index in [9.17, 15) is 9.90 Å². The lowest BCUT2D eigenvalue weighted by Crippen LogP contribution is -2.28. The molecule has 0 fully saturated rings. The monoisotopic (exact) mass is 374 g/mol. The fraction of sp³-hybridized carbons (Fsp3) is 0.158. The second-order valence-electron chi connectivity index (χ2n) is 5.60. The average Bonchev–Trinajstić information content (AvgIpc) is 2.63. The van der Waals surface area contributed by atoms with Crippen molar-refractivity contribution in [1.82, 2.24) is 10.3 Å². The van der Waals surface area contributed by atoms with E-state index in [1.165, 1.54) is 0 Å². The Morgan fingerprint density at radius 2 is 1.96 bits per heavy atom. The molecule has 0 bridgehead atoms. The molecule has 0 aliphatic rings. The molecule has 0 saturated carbocycles. The molecule has 6 heteroatoms. The van der Waals surface area contributed by atoms with Crippen molar-refractivity contribution in [2.45, 2.75) is 19.4 Å². The van der Waals surface area contributed by atoms with Crippen LogP contribution in [-0.4, -0.2) is 16.0 Å². The molecule has 0 aliphatic heterocycles. The number of phenols is 1. The topological polar surface area (TPSA) is 62.2 Å². The van der Waals surface area contributed by atoms with Crippen LogP contribution in [0.25, 0.3) is 10.9 Å². The van der Waals surface area contributed by atoms with Gasteiger partial charge >= 0.3 is 0 Å². The molecule has 1 aromatic heterocycles. The molecule has 1 atom stereocenters. The Morgan fingerprint density at radius 3 is 2.64 bits per heavy atom. The average molecular weight is 375 g/mol. The van der Waals surface area contributed by atoms with Gasteiger partial charge in [-0.3, -0.25) is 9.78 Å². The van der Waals surface area contributed by atoms with Crippen LogP contribution in [0.1, 0.15) is 30.5 Å². The molecule has 0 radical (unpaired) electrons. The third-order valence-corrected chi connectivity index (χ3v) is 4.55. The Labute approximate surface area is 155 Å². The maximum atomic E-state index is 12.0. The first-order chi connectivity index (χ1) is 12.0. The van der Waals surface area contributed by atoms with Crippen molar-refractivity contribution >= 4 is 40.0 Å². The molecule has 128 valence electrons. The van der Waals surface area contributed by atoms with Crippen LogP contribution in [0, 0.1) is 0 Å². The number of amides is 1. The number of nitrogens with one attached hydrogen (secondary N) is 1. The smallest absolute Gasteiger partial charge is 0.220 e. The molecule has 3 aromatic rings. The number of carbonyl (C=O) groups is 1. The summed E-state index contributed by atoms with van der Waals surface area (Å²) in [7, 11) is 0. The summed E-state index contributed by atoms with van der Waals surface area (Å²) in [6, 6.07) is 11.7. The fourth-order valence-corrected chi connectivity index (χ4v) is 3.08. The van der Waals surface area contributed by atoms with Crippen LogP contribution < -0.4 is 5.32 Å². The zero-order chi connectivity index (χ0) is 18.0. The van der Waals surface area contributed by atoms with E-state index >= 15 is 0 Å². The number of nitrogens with zero attached hydrogens (tertiary/aromatic N) is 1. The van der Waals surface area contributed by atoms with Gasteiger partial charge in [0.05, 0.1) is 11.1 Å². The third kappa shape index (κ3) is 3.55. The van der Waals surface area contributed by atoms with Gasteiger partial charge in [0.25, 0.3) is 0 Å². The van der Waals surface area contributed by atoms with Crippen molar-refractivity contribution in [2.24, 2.45) is 0 Å². The molecule has 3 rings (SSSR count). The lowest BCUT2D eigenvalue weighted by Gasteiger charge is -2.22. The number of aromatic hydroxyl groups is 1. The SMILES string of the molecule is CCC(=O)N[C@H](c1ccc(Cl)cc1)c1cc(Cl)c2cccnc2c1O. The number of aromatic nitrogens is 1. The molecule has 1 amide bonds. The first-order valence-electron chi connectivity index (χ1n) is 7.82. The van der Waals surface area contributed by atoms with E-state index in [2.05, 4.69) is 10.3 Å². The van der Waals surface area contributed by atoms with Gasteiger partial charge in [-0.1, -0.05) is 42.3 Å². The Hall–Kier alpha value is -2.30. The van der Waals surface area contributed by atoms with E-state index in [4.69, 9.17) is 23.2 Å². The standard InChI is InChI=1S/C19H16Cl2N2O2/c1-2-16(24)23-17(11-5-7-12(20)8-6-11)14-10-15(21)13-4-3-9-22-18(13)19(14)25/h3-10,17,25H,2H2,1H3,(H,23,24)/t17-/m1/s1. The summed E-state index contributed by atoms with van der Waals surface area (Å²) in [5.41, 5.74) is 1.67. The fourth-order valence-electron chi connectivity index (χ4n) is 2.69. The van der Waals surface area contributed by atoms with Crippen molar-refractivity contribution in [3.8, 4) is 5.75 Å². The lowest BCUT2D eigenvalue weighted by atomic mass is 9.96. The second-order valence-corrected chi connectivity index (χ2v) is 6.45. The molecule has 0 spiro atoms. The maximum absolute atomic E-state index is 12.0. The van der Waals surface area contributed by atoms with Crippen LogP contribution in [0.15, 0.2) is 48.7 Å². The number of carbonyl (C=O) groups excluding carboxylic acids is 1. The van der Waals surface area contributed by atoms with Crippen molar-refractivity contribution in [2.75, 3.05) is 0 Å². The molecule has 0 unspecified atom stereocenters. The normalized spacial score (nSPS) is 12.1. The zero-order valence-electron chi connectivity index (χ0n) is 13.5. The highest BCUT2D eigenvalue weighted by atomic mass is 35.5. The summed E-state index contributed by atoms with van der Waals surface area (Å²) >= 11 is 12.3. The third-order valence-electron chi connectivity index (χ3n) is 3.99. The Kier molecular flexibility index (Phi) is 5.11. The molecule has 2 N–H and O–H groups in total. The summed E-state index contributed by atoms with van der Waals surface area (Å²) < 4.78 is 0. The number of benzene rings is 2. The van der Waals surface area contributed by atoms with Gasteiger partial charge in [0, 0.05) is 28.6 Å². The van der Waals surface area contributed by atoms with Crippen LogP contribution in [-0.2, 0) is 4.79 Å². The van der Waals surface area contributed by atoms with Gasteiger partial charge in [-0.2, -0.15) is 0 Å². The highest BCUT2D eigenvalue weighted by Crippen LogP contribution is 2.38. The molecule has 0 saturated heterocycles. The molecule has 4 nitrogen and oxygen atoms in total. The van der Waals surface area contributed by atoms with Gasteiger partial charge in [-0.25, -0.2) is 0 Å². The van der Waals surface area contributed by atoms with Gasteiger partial charge < -0.3 is 10.4 Å². The Bertz CT molecular complexity index is 927. The van der Waals surface area contributed by atoms with E-state index in [1.807, 2.05) is 0 Å². The van der Waals surface area contributed by atoms with Crippen molar-refractivity contribution < 1.29 is 9.90 Å². The lowest BCUT2D eigenvalue weighted by molar-refractivity contribution is -0.121. The van der Waals surface area contributed by atoms with E-state index in [0.717, 1.165) is 5.56 Å². The minimum absolute atomic E-state index is 0.00338. The van der Waals surface area contributed by atoms with Gasteiger partial charge in [-0.05, 0) is 35.9 Å². The molecule has 25 heavy (non-hydrogen) atoms. The van der Waals surface area contributed by atoms with Crippen molar-refractivity contribution in [3.05, 3.63) is 69.8 Å². The first kappa shape index (κ1) is 17.5. The second kappa shape index (κ2) is 7.30. The van der Waals surface area contributed by atoms with Crippen molar-refractivity contribution in [1.29, 1.82) is 0 Å². The molecule has 0 aliphatic carbocycles. The van der Waals surface area contributed by atoms with E-state index in [-0.39, 0.29) is 11.7 Å². The van der Waals surface area contributed by atoms with Gasteiger partial charge in [0.1, 0.15) is 11.3 Å². The van der Waals surface area contributed by atoms with E-state index < -0.39 is 6.04 Å². The number of fused-ring (bicyclic) bond motifs is 1. The van der Waals surface area contributed by atoms with Crippen LogP contribution in [0.2, 0.25) is 10.0 Å². The van der Waals surface area contributed by atoms with Gasteiger partial charge in [-0.15, -0.1) is 0 Å². The van der Waals surface area contributed by atoms with Crippen LogP contribution in [0.3, 0.4) is 0 Å². The van der Waals surface area contributed by atoms with Crippen molar-refractivity contribution in [3.63, 3.8) is 0 Å². The number of hydrogen-bond donors (Lipinski definition) is 2. The predicted octanol–water partition coefficient (Wildman–Crippen LogP) is 4.86. The summed E-state index contributed by atoms with van der Waals surface area (Å²) in [5, 5.41) is 15.4. The van der Waals surface area contributed by atoms with E-state index in [0.29, 0.717) is 32.9 Å². The summed E-state index contributed by atoms with van der Waals surface area (Å²) in [5.74, 6) is -0.145. The Morgan fingerprint density at radius 1 is 1.24 bits per heavy atom. The highest BCUT2D eigenvalue weighted by Gasteiger charge is 2.22.